The summed E-state index contributed by atoms with van der Waals surface area (Å²) in [5, 5.41) is 2.77. The number of carbonyl (C=O) groups excluding carboxylic acids is 1. The molecule has 12 heavy (non-hydrogen) atoms. The van der Waals surface area contributed by atoms with Gasteiger partial charge in [0, 0.05) is 26.7 Å². The Balaban J connectivity index is 3.03. The minimum atomic E-state index is 0.162. The van der Waals surface area contributed by atoms with Gasteiger partial charge in [-0.25, -0.2) is 0 Å². The number of rotatable bonds is 7. The molecule has 1 N–H and O–H groups in total. The van der Waals surface area contributed by atoms with Gasteiger partial charge in [0.05, 0.1) is 0 Å². The van der Waals surface area contributed by atoms with Crippen molar-refractivity contribution in [2.75, 3.05) is 20.3 Å². The summed E-state index contributed by atoms with van der Waals surface area (Å²) in [6, 6.07) is 0. The van der Waals surface area contributed by atoms with Gasteiger partial charge in [-0.05, 0) is 19.8 Å². The van der Waals surface area contributed by atoms with E-state index in [4.69, 9.17) is 4.74 Å². The zero-order chi connectivity index (χ0) is 9.23. The molecule has 0 aliphatic carbocycles. The minimum Gasteiger partial charge on any atom is -0.385 e. The molecule has 3 heteroatoms. The molecule has 0 aromatic heterocycles. The standard InChI is InChI=1S/C9H19NO2/c1-3-10-9(11)7-5-4-6-8-12-2/h3-8H2,1-2H3,(H,10,11). The average Bonchev–Trinajstić information content (AvgIpc) is 2.05. The molecule has 0 aromatic carbocycles. The summed E-state index contributed by atoms with van der Waals surface area (Å²) < 4.78 is 4.90. The van der Waals surface area contributed by atoms with E-state index < -0.39 is 0 Å². The average molecular weight is 173 g/mol. The van der Waals surface area contributed by atoms with Crippen molar-refractivity contribution in [3.05, 3.63) is 0 Å². The molecule has 0 saturated heterocycles. The van der Waals surface area contributed by atoms with Crippen LogP contribution in [0.2, 0.25) is 0 Å². The lowest BCUT2D eigenvalue weighted by atomic mass is 10.2. The molecule has 0 heterocycles. The highest BCUT2D eigenvalue weighted by atomic mass is 16.5. The molecule has 72 valence electrons. The highest BCUT2D eigenvalue weighted by Gasteiger charge is 1.97. The zero-order valence-corrected chi connectivity index (χ0v) is 8.06. The van der Waals surface area contributed by atoms with E-state index in [1.807, 2.05) is 6.92 Å². The second kappa shape index (κ2) is 8.53. The van der Waals surface area contributed by atoms with Gasteiger partial charge < -0.3 is 10.1 Å². The van der Waals surface area contributed by atoms with Gasteiger partial charge >= 0.3 is 0 Å². The monoisotopic (exact) mass is 173 g/mol. The number of hydrogen-bond donors (Lipinski definition) is 1. The highest BCUT2D eigenvalue weighted by molar-refractivity contribution is 5.75. The number of carbonyl (C=O) groups is 1. The van der Waals surface area contributed by atoms with Crippen LogP contribution in [0.1, 0.15) is 32.6 Å². The number of unbranched alkanes of at least 4 members (excludes halogenated alkanes) is 2. The molecule has 0 bridgehead atoms. The maximum Gasteiger partial charge on any atom is 0.219 e. The lowest BCUT2D eigenvalue weighted by Gasteiger charge is -2.01. The summed E-state index contributed by atoms with van der Waals surface area (Å²) in [7, 11) is 1.70. The Bertz CT molecular complexity index is 115. The number of ether oxygens (including phenoxy) is 1. The van der Waals surface area contributed by atoms with Gasteiger partial charge in [0.25, 0.3) is 0 Å². The van der Waals surface area contributed by atoms with E-state index >= 15 is 0 Å². The van der Waals surface area contributed by atoms with Crippen LogP contribution in [0.5, 0.6) is 0 Å². The van der Waals surface area contributed by atoms with E-state index in [1.54, 1.807) is 7.11 Å². The number of amides is 1. The van der Waals surface area contributed by atoms with Gasteiger partial charge in [-0.15, -0.1) is 0 Å². The summed E-state index contributed by atoms with van der Waals surface area (Å²) in [5.74, 6) is 0.162. The van der Waals surface area contributed by atoms with Crippen molar-refractivity contribution in [2.24, 2.45) is 0 Å². The molecule has 0 aliphatic rings. The third kappa shape index (κ3) is 7.54. The van der Waals surface area contributed by atoms with Crippen LogP contribution in [0.4, 0.5) is 0 Å². The third-order valence-corrected chi connectivity index (χ3v) is 1.63. The van der Waals surface area contributed by atoms with Crippen molar-refractivity contribution in [3.8, 4) is 0 Å². The molecule has 0 atom stereocenters. The van der Waals surface area contributed by atoms with Crippen molar-refractivity contribution < 1.29 is 9.53 Å². The summed E-state index contributed by atoms with van der Waals surface area (Å²) >= 11 is 0. The first-order chi connectivity index (χ1) is 5.81. The molecular formula is C9H19NO2. The Labute approximate surface area is 74.5 Å². The third-order valence-electron chi connectivity index (χ3n) is 1.63. The lowest BCUT2D eigenvalue weighted by Crippen LogP contribution is -2.22. The predicted molar refractivity (Wildman–Crippen MR) is 49.0 cm³/mol. The van der Waals surface area contributed by atoms with Crippen LogP contribution in [-0.4, -0.2) is 26.2 Å². The SMILES string of the molecule is CCNC(=O)CCCCCOC. The Morgan fingerprint density at radius 1 is 1.33 bits per heavy atom. The Hall–Kier alpha value is -0.570. The fourth-order valence-electron chi connectivity index (χ4n) is 0.994. The van der Waals surface area contributed by atoms with Crippen molar-refractivity contribution in [1.82, 2.24) is 5.32 Å². The molecule has 0 rings (SSSR count). The molecule has 0 spiro atoms. The van der Waals surface area contributed by atoms with E-state index in [2.05, 4.69) is 5.32 Å². The van der Waals surface area contributed by atoms with E-state index in [1.165, 1.54) is 0 Å². The van der Waals surface area contributed by atoms with Crippen molar-refractivity contribution in [2.45, 2.75) is 32.6 Å². The molecule has 0 radical (unpaired) electrons. The van der Waals surface area contributed by atoms with Gasteiger partial charge in [0.1, 0.15) is 0 Å². The second-order valence-electron chi connectivity index (χ2n) is 2.76. The molecular weight excluding hydrogens is 154 g/mol. The molecule has 0 saturated carbocycles. The van der Waals surface area contributed by atoms with Gasteiger partial charge in [0.2, 0.25) is 5.91 Å². The van der Waals surface area contributed by atoms with Crippen LogP contribution in [-0.2, 0) is 9.53 Å². The largest absolute Gasteiger partial charge is 0.385 e. The van der Waals surface area contributed by atoms with E-state index in [9.17, 15) is 4.79 Å². The maximum absolute atomic E-state index is 10.9. The van der Waals surface area contributed by atoms with E-state index in [0.29, 0.717) is 6.42 Å². The van der Waals surface area contributed by atoms with Gasteiger partial charge in [-0.1, -0.05) is 6.42 Å². The fourth-order valence-corrected chi connectivity index (χ4v) is 0.994. The summed E-state index contributed by atoms with van der Waals surface area (Å²) in [5.41, 5.74) is 0. The molecule has 1 amide bonds. The number of methoxy groups -OCH3 is 1. The summed E-state index contributed by atoms with van der Waals surface area (Å²) in [6.45, 7) is 3.47. The van der Waals surface area contributed by atoms with E-state index in [0.717, 1.165) is 32.4 Å². The molecule has 0 aromatic rings. The van der Waals surface area contributed by atoms with Crippen molar-refractivity contribution >= 4 is 5.91 Å². The topological polar surface area (TPSA) is 38.3 Å². The quantitative estimate of drug-likeness (QED) is 0.590. The lowest BCUT2D eigenvalue weighted by molar-refractivity contribution is -0.121. The smallest absolute Gasteiger partial charge is 0.219 e. The first-order valence-corrected chi connectivity index (χ1v) is 4.57. The van der Waals surface area contributed by atoms with Crippen molar-refractivity contribution in [3.63, 3.8) is 0 Å². The Morgan fingerprint density at radius 2 is 2.08 bits per heavy atom. The Morgan fingerprint density at radius 3 is 2.67 bits per heavy atom. The van der Waals surface area contributed by atoms with Crippen LogP contribution < -0.4 is 5.32 Å². The van der Waals surface area contributed by atoms with E-state index in [-0.39, 0.29) is 5.91 Å². The first-order valence-electron chi connectivity index (χ1n) is 4.57. The molecule has 0 unspecified atom stereocenters. The maximum atomic E-state index is 10.9. The van der Waals surface area contributed by atoms with Gasteiger partial charge in [-0.3, -0.25) is 4.79 Å². The van der Waals surface area contributed by atoms with Crippen LogP contribution in [0, 0.1) is 0 Å². The second-order valence-corrected chi connectivity index (χ2v) is 2.76. The van der Waals surface area contributed by atoms with Crippen LogP contribution in [0.25, 0.3) is 0 Å². The predicted octanol–water partition coefficient (Wildman–Crippen LogP) is 1.33. The molecule has 0 aliphatic heterocycles. The fraction of sp³-hybridized carbons (Fsp3) is 0.889. The van der Waals surface area contributed by atoms with Crippen molar-refractivity contribution in [1.29, 1.82) is 0 Å². The van der Waals surface area contributed by atoms with Gasteiger partial charge in [0.15, 0.2) is 0 Å². The minimum absolute atomic E-state index is 0.162. The summed E-state index contributed by atoms with van der Waals surface area (Å²) in [6.07, 6.45) is 3.74. The highest BCUT2D eigenvalue weighted by Crippen LogP contribution is 1.99. The molecule has 3 nitrogen and oxygen atoms in total. The number of hydrogen-bond acceptors (Lipinski definition) is 2. The Kier molecular flexibility index (Phi) is 8.12. The first kappa shape index (κ1) is 11.4. The molecule has 0 fully saturated rings. The van der Waals surface area contributed by atoms with Crippen LogP contribution in [0.15, 0.2) is 0 Å². The van der Waals surface area contributed by atoms with Crippen LogP contribution >= 0.6 is 0 Å². The number of nitrogens with one attached hydrogen (secondary N) is 1. The zero-order valence-electron chi connectivity index (χ0n) is 8.06. The van der Waals surface area contributed by atoms with Gasteiger partial charge in [-0.2, -0.15) is 0 Å². The van der Waals surface area contributed by atoms with Crippen LogP contribution in [0.3, 0.4) is 0 Å². The summed E-state index contributed by atoms with van der Waals surface area (Å²) in [4.78, 5) is 10.9. The normalized spacial score (nSPS) is 9.83.